The van der Waals surface area contributed by atoms with Gasteiger partial charge in [-0.15, -0.1) is 0 Å². The Morgan fingerprint density at radius 1 is 1.57 bits per heavy atom. The molecule has 0 aliphatic carbocycles. The molecule has 0 radical (unpaired) electrons. The fourth-order valence-electron chi connectivity index (χ4n) is 1.31. The fourth-order valence-corrected chi connectivity index (χ4v) is 1.31. The minimum Gasteiger partial charge on any atom is -0.384 e. The highest BCUT2D eigenvalue weighted by molar-refractivity contribution is 5.32. The molecule has 0 bridgehead atoms. The van der Waals surface area contributed by atoms with Crippen molar-refractivity contribution in [3.8, 4) is 0 Å². The molecule has 1 atom stereocenters. The molecule has 4 N–H and O–H groups in total. The topological polar surface area (TPSA) is 64.9 Å². The van der Waals surface area contributed by atoms with Crippen LogP contribution in [0, 0.1) is 0 Å². The maximum atomic E-state index is 13.9. The summed E-state index contributed by atoms with van der Waals surface area (Å²) in [4.78, 5) is 3.85. The molecule has 1 aromatic heterocycles. The standard InChI is InChI=1S/C10H16FN3/c1-2-10(11,7-12)6-8-3-4-14-9(13)5-8/h3-5H,2,6-7,12H2,1H3,(H2,13,14). The zero-order chi connectivity index (χ0) is 10.6. The zero-order valence-electron chi connectivity index (χ0n) is 8.33. The number of alkyl halides is 1. The van der Waals surface area contributed by atoms with E-state index in [2.05, 4.69) is 4.98 Å². The van der Waals surface area contributed by atoms with Gasteiger partial charge in [0.15, 0.2) is 0 Å². The molecule has 4 heteroatoms. The Morgan fingerprint density at radius 2 is 2.29 bits per heavy atom. The molecule has 0 spiro atoms. The maximum Gasteiger partial charge on any atom is 0.126 e. The van der Waals surface area contributed by atoms with E-state index in [1.54, 1.807) is 25.3 Å². The molecule has 78 valence electrons. The summed E-state index contributed by atoms with van der Waals surface area (Å²) in [5.74, 6) is 0.415. The number of nitrogen functional groups attached to an aromatic ring is 1. The normalized spacial score (nSPS) is 15.1. The minimum absolute atomic E-state index is 0.0335. The molecule has 14 heavy (non-hydrogen) atoms. The summed E-state index contributed by atoms with van der Waals surface area (Å²) in [5, 5.41) is 0. The minimum atomic E-state index is -1.33. The third kappa shape index (κ3) is 2.67. The van der Waals surface area contributed by atoms with Crippen molar-refractivity contribution < 1.29 is 4.39 Å². The van der Waals surface area contributed by atoms with Crippen LogP contribution in [-0.2, 0) is 6.42 Å². The Bertz CT molecular complexity index is 297. The molecule has 3 nitrogen and oxygen atoms in total. The van der Waals surface area contributed by atoms with Crippen molar-refractivity contribution in [2.45, 2.75) is 25.4 Å². The largest absolute Gasteiger partial charge is 0.384 e. The predicted octanol–water partition coefficient (Wildman–Crippen LogP) is 1.28. The van der Waals surface area contributed by atoms with Gasteiger partial charge in [-0.05, 0) is 24.1 Å². The van der Waals surface area contributed by atoms with Crippen LogP contribution in [0.4, 0.5) is 10.2 Å². The molecule has 1 rings (SSSR count). The van der Waals surface area contributed by atoms with E-state index in [0.29, 0.717) is 18.7 Å². The van der Waals surface area contributed by atoms with E-state index < -0.39 is 5.67 Å². The first kappa shape index (κ1) is 10.9. The molecule has 0 saturated carbocycles. The summed E-state index contributed by atoms with van der Waals surface area (Å²) in [6.07, 6.45) is 2.29. The number of hydrogen-bond acceptors (Lipinski definition) is 3. The summed E-state index contributed by atoms with van der Waals surface area (Å²) in [7, 11) is 0. The Hall–Kier alpha value is -1.16. The van der Waals surface area contributed by atoms with Crippen molar-refractivity contribution in [2.75, 3.05) is 12.3 Å². The van der Waals surface area contributed by atoms with Crippen LogP contribution in [0.15, 0.2) is 18.3 Å². The molecule has 0 aliphatic heterocycles. The van der Waals surface area contributed by atoms with E-state index in [9.17, 15) is 4.39 Å². The monoisotopic (exact) mass is 197 g/mol. The van der Waals surface area contributed by atoms with Gasteiger partial charge < -0.3 is 11.5 Å². The van der Waals surface area contributed by atoms with Crippen LogP contribution in [0.5, 0.6) is 0 Å². The second kappa shape index (κ2) is 4.37. The van der Waals surface area contributed by atoms with E-state index >= 15 is 0 Å². The van der Waals surface area contributed by atoms with E-state index in [-0.39, 0.29) is 6.54 Å². The van der Waals surface area contributed by atoms with Gasteiger partial charge in [0.05, 0.1) is 0 Å². The number of nitrogens with zero attached hydrogens (tertiary/aromatic N) is 1. The fraction of sp³-hybridized carbons (Fsp3) is 0.500. The Labute approximate surface area is 83.3 Å². The highest BCUT2D eigenvalue weighted by Crippen LogP contribution is 2.21. The molecule has 1 unspecified atom stereocenters. The smallest absolute Gasteiger partial charge is 0.126 e. The lowest BCUT2D eigenvalue weighted by Crippen LogP contribution is -2.34. The number of hydrogen-bond donors (Lipinski definition) is 2. The molecule has 0 saturated heterocycles. The predicted molar refractivity (Wildman–Crippen MR) is 55.5 cm³/mol. The molecule has 1 heterocycles. The van der Waals surface area contributed by atoms with Crippen molar-refractivity contribution >= 4 is 5.82 Å². The number of nitrogens with two attached hydrogens (primary N) is 2. The first-order valence-electron chi connectivity index (χ1n) is 4.69. The van der Waals surface area contributed by atoms with Crippen molar-refractivity contribution in [3.63, 3.8) is 0 Å². The molecular formula is C10H16FN3. The molecule has 0 aromatic carbocycles. The summed E-state index contributed by atoms with van der Waals surface area (Å²) >= 11 is 0. The number of rotatable bonds is 4. The van der Waals surface area contributed by atoms with E-state index in [1.807, 2.05) is 0 Å². The van der Waals surface area contributed by atoms with Crippen LogP contribution >= 0.6 is 0 Å². The molecular weight excluding hydrogens is 181 g/mol. The highest BCUT2D eigenvalue weighted by atomic mass is 19.1. The first-order chi connectivity index (χ1) is 6.59. The highest BCUT2D eigenvalue weighted by Gasteiger charge is 2.25. The summed E-state index contributed by atoms with van der Waals surface area (Å²) < 4.78 is 13.9. The van der Waals surface area contributed by atoms with Gasteiger partial charge in [0.2, 0.25) is 0 Å². The van der Waals surface area contributed by atoms with Crippen LogP contribution in [0.1, 0.15) is 18.9 Å². The number of halogens is 1. The Morgan fingerprint density at radius 3 is 2.79 bits per heavy atom. The molecule has 0 amide bonds. The lowest BCUT2D eigenvalue weighted by molar-refractivity contribution is 0.167. The van der Waals surface area contributed by atoms with Crippen molar-refractivity contribution in [1.29, 1.82) is 0 Å². The lowest BCUT2D eigenvalue weighted by atomic mass is 9.94. The zero-order valence-corrected chi connectivity index (χ0v) is 8.33. The van der Waals surface area contributed by atoms with Crippen LogP contribution in [-0.4, -0.2) is 17.2 Å². The van der Waals surface area contributed by atoms with Crippen LogP contribution in [0.3, 0.4) is 0 Å². The van der Waals surface area contributed by atoms with Gasteiger partial charge in [0.25, 0.3) is 0 Å². The van der Waals surface area contributed by atoms with Crippen molar-refractivity contribution in [2.24, 2.45) is 5.73 Å². The molecule has 0 fully saturated rings. The average molecular weight is 197 g/mol. The maximum absolute atomic E-state index is 13.9. The second-order valence-corrected chi connectivity index (χ2v) is 3.47. The third-order valence-corrected chi connectivity index (χ3v) is 2.37. The van der Waals surface area contributed by atoms with Crippen molar-refractivity contribution in [3.05, 3.63) is 23.9 Å². The summed E-state index contributed by atoms with van der Waals surface area (Å²) in [5.41, 5.74) is 10.4. The van der Waals surface area contributed by atoms with Crippen LogP contribution < -0.4 is 11.5 Å². The van der Waals surface area contributed by atoms with Gasteiger partial charge in [0.1, 0.15) is 11.5 Å². The summed E-state index contributed by atoms with van der Waals surface area (Å²) in [6.45, 7) is 1.82. The summed E-state index contributed by atoms with van der Waals surface area (Å²) in [6, 6.07) is 3.44. The van der Waals surface area contributed by atoms with Crippen molar-refractivity contribution in [1.82, 2.24) is 4.98 Å². The molecule has 1 aromatic rings. The SMILES string of the molecule is CCC(F)(CN)Cc1ccnc(N)c1. The number of aromatic nitrogens is 1. The van der Waals surface area contributed by atoms with Gasteiger partial charge in [-0.3, -0.25) is 0 Å². The van der Waals surface area contributed by atoms with Crippen LogP contribution in [0.2, 0.25) is 0 Å². The van der Waals surface area contributed by atoms with E-state index in [0.717, 1.165) is 5.56 Å². The first-order valence-corrected chi connectivity index (χ1v) is 4.69. The second-order valence-electron chi connectivity index (χ2n) is 3.47. The van der Waals surface area contributed by atoms with Gasteiger partial charge in [0, 0.05) is 19.2 Å². The van der Waals surface area contributed by atoms with E-state index in [1.165, 1.54) is 0 Å². The number of anilines is 1. The van der Waals surface area contributed by atoms with Gasteiger partial charge in [-0.1, -0.05) is 6.92 Å². The Balaban J connectivity index is 2.77. The third-order valence-electron chi connectivity index (χ3n) is 2.37. The average Bonchev–Trinajstić information content (AvgIpc) is 2.18. The van der Waals surface area contributed by atoms with Gasteiger partial charge >= 0.3 is 0 Å². The quantitative estimate of drug-likeness (QED) is 0.764. The lowest BCUT2D eigenvalue weighted by Gasteiger charge is -2.21. The van der Waals surface area contributed by atoms with E-state index in [4.69, 9.17) is 11.5 Å². The van der Waals surface area contributed by atoms with Gasteiger partial charge in [-0.2, -0.15) is 0 Å². The van der Waals surface area contributed by atoms with Crippen LogP contribution in [0.25, 0.3) is 0 Å². The Kier molecular flexibility index (Phi) is 3.41. The van der Waals surface area contributed by atoms with Gasteiger partial charge in [-0.25, -0.2) is 9.37 Å². The number of pyridine rings is 1. The molecule has 0 aliphatic rings.